The van der Waals surface area contributed by atoms with E-state index in [0.29, 0.717) is 0 Å². The molecule has 1 aromatic rings. The number of benzene rings is 1. The zero-order valence-corrected chi connectivity index (χ0v) is 15.6. The lowest BCUT2D eigenvalue weighted by Gasteiger charge is -2.52. The topological polar surface area (TPSA) is 55.8 Å². The molecule has 138 valence electrons. The summed E-state index contributed by atoms with van der Waals surface area (Å²) in [6.45, 7) is 4.36. The van der Waals surface area contributed by atoms with Crippen LogP contribution >= 0.6 is 0 Å². The van der Waals surface area contributed by atoms with Crippen molar-refractivity contribution in [2.24, 2.45) is 22.2 Å². The molecule has 1 saturated heterocycles. The molecule has 1 aromatic carbocycles. The van der Waals surface area contributed by atoms with Crippen molar-refractivity contribution in [1.82, 2.24) is 0 Å². The van der Waals surface area contributed by atoms with Crippen LogP contribution in [-0.2, 0) is 14.9 Å². The van der Waals surface area contributed by atoms with E-state index in [1.54, 1.807) is 7.11 Å². The van der Waals surface area contributed by atoms with E-state index >= 15 is 0 Å². The number of esters is 1. The number of aliphatic hydroxyl groups excluding tert-OH is 1. The van der Waals surface area contributed by atoms with E-state index in [1.165, 1.54) is 0 Å². The summed E-state index contributed by atoms with van der Waals surface area (Å²) in [6, 6.07) is 8.12. The predicted octanol–water partition coefficient (Wildman–Crippen LogP) is 3.58. The second kappa shape index (κ2) is 4.72. The molecular formula is C22H26O4. The first-order valence-electron chi connectivity index (χ1n) is 9.61. The van der Waals surface area contributed by atoms with Gasteiger partial charge in [0.1, 0.15) is 5.75 Å². The number of rotatable bonds is 2. The molecule has 6 atom stereocenters. The molecule has 0 radical (unpaired) electrons. The van der Waals surface area contributed by atoms with Gasteiger partial charge in [0.25, 0.3) is 0 Å². The highest BCUT2D eigenvalue weighted by atomic mass is 16.6. The van der Waals surface area contributed by atoms with E-state index < -0.39 is 17.1 Å². The number of ether oxygens (including phenoxy) is 2. The summed E-state index contributed by atoms with van der Waals surface area (Å²) in [6.07, 6.45) is 7.92. The lowest BCUT2D eigenvalue weighted by atomic mass is 9.51. The van der Waals surface area contributed by atoms with Crippen LogP contribution in [0.1, 0.15) is 45.1 Å². The van der Waals surface area contributed by atoms with Crippen molar-refractivity contribution >= 4 is 5.97 Å². The number of carbonyl (C=O) groups is 1. The first-order chi connectivity index (χ1) is 12.4. The zero-order chi connectivity index (χ0) is 18.4. The Kier molecular flexibility index (Phi) is 2.97. The lowest BCUT2D eigenvalue weighted by molar-refractivity contribution is -0.167. The third kappa shape index (κ3) is 1.37. The molecule has 26 heavy (non-hydrogen) atoms. The molecule has 0 amide bonds. The fourth-order valence-electron chi connectivity index (χ4n) is 7.50. The molecule has 3 fully saturated rings. The Balaban J connectivity index is 1.82. The van der Waals surface area contributed by atoms with Crippen LogP contribution in [0.3, 0.4) is 0 Å². The Labute approximate surface area is 154 Å². The van der Waals surface area contributed by atoms with Gasteiger partial charge >= 0.3 is 5.97 Å². The second-order valence-electron chi connectivity index (χ2n) is 8.93. The predicted molar refractivity (Wildman–Crippen MR) is 96.5 cm³/mol. The van der Waals surface area contributed by atoms with E-state index in [-0.39, 0.29) is 22.7 Å². The Morgan fingerprint density at radius 3 is 2.50 bits per heavy atom. The van der Waals surface area contributed by atoms with Gasteiger partial charge in [0.15, 0.2) is 0 Å². The van der Waals surface area contributed by atoms with Crippen LogP contribution in [0.4, 0.5) is 0 Å². The first-order valence-corrected chi connectivity index (χ1v) is 9.61. The zero-order valence-electron chi connectivity index (χ0n) is 15.6. The maximum absolute atomic E-state index is 13.1. The highest BCUT2D eigenvalue weighted by molar-refractivity contribution is 5.85. The highest BCUT2D eigenvalue weighted by Gasteiger charge is 2.86. The molecule has 3 aliphatic carbocycles. The van der Waals surface area contributed by atoms with E-state index in [1.807, 2.05) is 19.1 Å². The van der Waals surface area contributed by atoms with Crippen molar-refractivity contribution < 1.29 is 19.4 Å². The van der Waals surface area contributed by atoms with Crippen LogP contribution < -0.4 is 4.74 Å². The first kappa shape index (κ1) is 16.4. The Hall–Kier alpha value is -1.81. The Morgan fingerprint density at radius 1 is 1.12 bits per heavy atom. The van der Waals surface area contributed by atoms with Crippen molar-refractivity contribution in [3.63, 3.8) is 0 Å². The quantitative estimate of drug-likeness (QED) is 0.651. The molecule has 0 spiro atoms. The summed E-state index contributed by atoms with van der Waals surface area (Å²) in [4.78, 5) is 13.1. The number of allylic oxidation sites excluding steroid dienone is 2. The number of carbonyl (C=O) groups excluding carboxylic acids is 1. The molecule has 5 rings (SSSR count). The van der Waals surface area contributed by atoms with Crippen LogP contribution in [0.25, 0.3) is 0 Å². The van der Waals surface area contributed by atoms with Gasteiger partial charge in [-0.25, -0.2) is 0 Å². The molecule has 1 N–H and O–H groups in total. The monoisotopic (exact) mass is 354 g/mol. The lowest BCUT2D eigenvalue weighted by Crippen LogP contribution is -2.51. The number of fused-ring (bicyclic) bond motifs is 2. The van der Waals surface area contributed by atoms with Gasteiger partial charge < -0.3 is 14.6 Å². The van der Waals surface area contributed by atoms with Crippen molar-refractivity contribution in [1.29, 1.82) is 0 Å². The average Bonchev–Trinajstić information content (AvgIpc) is 3.11. The minimum absolute atomic E-state index is 0.104. The maximum Gasteiger partial charge on any atom is 0.315 e. The fraction of sp³-hybridized carbons (Fsp3) is 0.591. The minimum atomic E-state index is -1.02. The standard InChI is InChI=1S/C22H26O4/c1-19-10-4-5-11-21(19)12-13-22(19,14-6-8-15(25-3)9-7-14)20(2)16(21)17(23)26-18(20)24/h6-9,12-13,16-17,23H,4-5,10-11H2,1-3H3/t16-,17+,19-,20-,21+,22-/m0/s1. The van der Waals surface area contributed by atoms with Crippen molar-refractivity contribution in [2.75, 3.05) is 7.11 Å². The van der Waals surface area contributed by atoms with Gasteiger partial charge in [0, 0.05) is 16.7 Å². The third-order valence-corrected chi connectivity index (χ3v) is 8.52. The van der Waals surface area contributed by atoms with Crippen molar-refractivity contribution in [3.05, 3.63) is 42.0 Å². The smallest absolute Gasteiger partial charge is 0.315 e. The molecular weight excluding hydrogens is 328 g/mol. The van der Waals surface area contributed by atoms with Crippen molar-refractivity contribution in [3.8, 4) is 5.75 Å². The molecule has 4 aliphatic rings. The molecule has 2 bridgehead atoms. The van der Waals surface area contributed by atoms with Gasteiger partial charge in [-0.05, 0) is 42.9 Å². The number of hydrogen-bond acceptors (Lipinski definition) is 4. The number of methoxy groups -OCH3 is 1. The molecule has 1 aliphatic heterocycles. The largest absolute Gasteiger partial charge is 0.497 e. The van der Waals surface area contributed by atoms with Crippen LogP contribution in [-0.4, -0.2) is 24.5 Å². The van der Waals surface area contributed by atoms with Crippen molar-refractivity contribution in [2.45, 2.75) is 51.2 Å². The normalized spacial score (nSPS) is 48.2. The van der Waals surface area contributed by atoms with Crippen LogP contribution in [0, 0.1) is 22.2 Å². The van der Waals surface area contributed by atoms with Gasteiger partial charge in [0.05, 0.1) is 12.5 Å². The number of aliphatic hydroxyl groups is 1. The van der Waals surface area contributed by atoms with E-state index in [2.05, 4.69) is 31.2 Å². The second-order valence-corrected chi connectivity index (χ2v) is 8.93. The summed E-state index contributed by atoms with van der Waals surface area (Å²) in [5.74, 6) is 0.353. The van der Waals surface area contributed by atoms with Gasteiger partial charge in [-0.2, -0.15) is 0 Å². The van der Waals surface area contributed by atoms with Gasteiger partial charge in [-0.15, -0.1) is 0 Å². The average molecular weight is 354 g/mol. The fourth-order valence-corrected chi connectivity index (χ4v) is 7.50. The molecule has 0 unspecified atom stereocenters. The Bertz CT molecular complexity index is 814. The van der Waals surface area contributed by atoms with E-state index in [4.69, 9.17) is 9.47 Å². The summed E-state index contributed by atoms with van der Waals surface area (Å²) in [7, 11) is 1.66. The summed E-state index contributed by atoms with van der Waals surface area (Å²) >= 11 is 0. The number of hydrogen-bond donors (Lipinski definition) is 1. The van der Waals surface area contributed by atoms with Gasteiger partial charge in [0.2, 0.25) is 6.29 Å². The van der Waals surface area contributed by atoms with Crippen LogP contribution in [0.5, 0.6) is 5.75 Å². The molecule has 4 heteroatoms. The SMILES string of the molecule is COc1ccc([C@@]23C=C[C@]4(CCCC[C@]24C)[C@H]2[C@H](O)OC(=O)[C@]23C)cc1. The molecule has 0 aromatic heterocycles. The molecule has 2 saturated carbocycles. The highest BCUT2D eigenvalue weighted by Crippen LogP contribution is 2.83. The van der Waals surface area contributed by atoms with E-state index in [0.717, 1.165) is 37.0 Å². The third-order valence-electron chi connectivity index (χ3n) is 8.52. The molecule has 4 nitrogen and oxygen atoms in total. The van der Waals surface area contributed by atoms with Gasteiger partial charge in [-0.3, -0.25) is 4.79 Å². The summed E-state index contributed by atoms with van der Waals surface area (Å²) in [5.41, 5.74) is -0.393. The minimum Gasteiger partial charge on any atom is -0.497 e. The summed E-state index contributed by atoms with van der Waals surface area (Å²) < 4.78 is 10.8. The van der Waals surface area contributed by atoms with Gasteiger partial charge in [-0.1, -0.05) is 44.1 Å². The Morgan fingerprint density at radius 2 is 1.81 bits per heavy atom. The maximum atomic E-state index is 13.1. The summed E-state index contributed by atoms with van der Waals surface area (Å²) in [5, 5.41) is 10.8. The molecule has 1 heterocycles. The van der Waals surface area contributed by atoms with E-state index in [9.17, 15) is 9.90 Å². The van der Waals surface area contributed by atoms with Crippen LogP contribution in [0.2, 0.25) is 0 Å². The van der Waals surface area contributed by atoms with Crippen LogP contribution in [0.15, 0.2) is 36.4 Å². The number of cyclic esters (lactones) is 1.